The number of halogens is 2. The minimum Gasteiger partial charge on any atom is -0.489 e. The quantitative estimate of drug-likeness (QED) is 0.235. The van der Waals surface area contributed by atoms with Gasteiger partial charge in [0.05, 0.1) is 26.3 Å². The third-order valence-electron chi connectivity index (χ3n) is 5.37. The zero-order valence-electron chi connectivity index (χ0n) is 19.0. The fourth-order valence-electron chi connectivity index (χ4n) is 3.57. The summed E-state index contributed by atoms with van der Waals surface area (Å²) >= 11 is 13.4. The zero-order chi connectivity index (χ0) is 24.9. The first-order valence-electron chi connectivity index (χ1n) is 11.2. The van der Waals surface area contributed by atoms with E-state index in [9.17, 15) is 4.79 Å². The van der Waals surface area contributed by atoms with Gasteiger partial charge >= 0.3 is 0 Å². The fraction of sp³-hybridized carbons (Fsp3) is 0.0345. The Morgan fingerprint density at radius 1 is 0.833 bits per heavy atom. The van der Waals surface area contributed by atoms with Crippen LogP contribution in [0.15, 0.2) is 113 Å². The van der Waals surface area contributed by atoms with Gasteiger partial charge in [0.2, 0.25) is 0 Å². The van der Waals surface area contributed by atoms with Crippen molar-refractivity contribution in [3.63, 3.8) is 0 Å². The van der Waals surface area contributed by atoms with E-state index in [0.29, 0.717) is 32.5 Å². The topological polar surface area (TPSA) is 41.9 Å². The molecule has 1 aliphatic rings. The highest BCUT2D eigenvalue weighted by atomic mass is 35.5. The molecule has 0 aromatic heterocycles. The molecule has 36 heavy (non-hydrogen) atoms. The number of carbonyl (C=O) groups is 1. The number of hydrogen-bond acceptors (Lipinski definition) is 4. The molecule has 1 saturated heterocycles. The highest BCUT2D eigenvalue weighted by molar-refractivity contribution is 8.19. The lowest BCUT2D eigenvalue weighted by Gasteiger charge is -2.15. The summed E-state index contributed by atoms with van der Waals surface area (Å²) in [7, 11) is 0. The van der Waals surface area contributed by atoms with Crippen LogP contribution in [0.4, 0.5) is 11.4 Å². The molecule has 0 saturated carbocycles. The van der Waals surface area contributed by atoms with E-state index in [2.05, 4.69) is 0 Å². The summed E-state index contributed by atoms with van der Waals surface area (Å²) in [5.74, 6) is 0.603. The third kappa shape index (κ3) is 5.65. The van der Waals surface area contributed by atoms with Crippen molar-refractivity contribution in [3.8, 4) is 5.75 Å². The summed E-state index contributed by atoms with van der Waals surface area (Å²) in [6.07, 6.45) is 1.87. The molecule has 0 aliphatic carbocycles. The van der Waals surface area contributed by atoms with Crippen molar-refractivity contribution in [2.75, 3.05) is 4.90 Å². The normalized spacial score (nSPS) is 15.6. The third-order valence-corrected chi connectivity index (χ3v) is 7.08. The number of ether oxygens (including phenoxy) is 1. The molecule has 0 unspecified atom stereocenters. The van der Waals surface area contributed by atoms with Crippen molar-refractivity contribution in [2.45, 2.75) is 6.61 Å². The van der Waals surface area contributed by atoms with E-state index < -0.39 is 0 Å². The maximum absolute atomic E-state index is 13.4. The molecule has 178 valence electrons. The Balaban J connectivity index is 1.35. The van der Waals surface area contributed by atoms with Crippen molar-refractivity contribution in [2.24, 2.45) is 4.99 Å². The Morgan fingerprint density at radius 3 is 2.22 bits per heavy atom. The molecule has 0 N–H and O–H groups in total. The van der Waals surface area contributed by atoms with Crippen LogP contribution in [0.3, 0.4) is 0 Å². The second-order valence-corrected chi connectivity index (χ2v) is 9.75. The van der Waals surface area contributed by atoms with Gasteiger partial charge < -0.3 is 4.74 Å². The largest absolute Gasteiger partial charge is 0.489 e. The maximum atomic E-state index is 13.4. The Morgan fingerprint density at radius 2 is 1.53 bits per heavy atom. The lowest BCUT2D eigenvalue weighted by atomic mass is 10.2. The Hall–Kier alpha value is -3.51. The van der Waals surface area contributed by atoms with Gasteiger partial charge in [0.1, 0.15) is 12.4 Å². The minimum absolute atomic E-state index is 0.110. The van der Waals surface area contributed by atoms with E-state index in [1.807, 2.05) is 97.1 Å². The lowest BCUT2D eigenvalue weighted by molar-refractivity contribution is -0.113. The molecule has 0 spiro atoms. The molecule has 5 rings (SSSR count). The molecular formula is C29H20Cl2N2O2S. The van der Waals surface area contributed by atoms with Crippen molar-refractivity contribution in [1.82, 2.24) is 0 Å². The van der Waals surface area contributed by atoms with Gasteiger partial charge in [-0.3, -0.25) is 9.69 Å². The summed E-state index contributed by atoms with van der Waals surface area (Å²) in [6.45, 7) is 0.372. The molecule has 0 atom stereocenters. The number of anilines is 1. The van der Waals surface area contributed by atoms with Gasteiger partial charge in [-0.1, -0.05) is 77.8 Å². The van der Waals surface area contributed by atoms with Crippen molar-refractivity contribution < 1.29 is 9.53 Å². The predicted molar refractivity (Wildman–Crippen MR) is 150 cm³/mol. The zero-order valence-corrected chi connectivity index (χ0v) is 21.3. The molecule has 4 aromatic carbocycles. The summed E-state index contributed by atoms with van der Waals surface area (Å²) < 4.78 is 5.87. The molecule has 1 amide bonds. The monoisotopic (exact) mass is 530 g/mol. The van der Waals surface area contributed by atoms with E-state index in [0.717, 1.165) is 22.5 Å². The Kier molecular flexibility index (Phi) is 7.42. The van der Waals surface area contributed by atoms with Gasteiger partial charge in [0.15, 0.2) is 5.17 Å². The highest BCUT2D eigenvalue weighted by Crippen LogP contribution is 2.37. The number of rotatable bonds is 6. The molecule has 4 aromatic rings. The van der Waals surface area contributed by atoms with Gasteiger partial charge in [0.25, 0.3) is 5.91 Å². The predicted octanol–water partition coefficient (Wildman–Crippen LogP) is 8.38. The van der Waals surface area contributed by atoms with E-state index in [4.69, 9.17) is 32.9 Å². The van der Waals surface area contributed by atoms with Gasteiger partial charge in [-0.2, -0.15) is 0 Å². The second kappa shape index (κ2) is 11.0. The van der Waals surface area contributed by atoms with Crippen molar-refractivity contribution >= 4 is 63.5 Å². The molecule has 0 bridgehead atoms. The first-order chi connectivity index (χ1) is 17.6. The van der Waals surface area contributed by atoms with E-state index in [-0.39, 0.29) is 5.91 Å². The van der Waals surface area contributed by atoms with Gasteiger partial charge in [-0.25, -0.2) is 4.99 Å². The first-order valence-corrected chi connectivity index (χ1v) is 12.7. The van der Waals surface area contributed by atoms with Gasteiger partial charge in [0, 0.05) is 0 Å². The van der Waals surface area contributed by atoms with Crippen LogP contribution in [-0.4, -0.2) is 11.1 Å². The van der Waals surface area contributed by atoms with Crippen molar-refractivity contribution in [3.05, 3.63) is 129 Å². The standard InChI is InChI=1S/C29H20Cl2N2O2S/c30-25-16-13-21(17-26(25)31)19-35-24-14-11-20(12-15-24)18-27-28(34)33(23-9-5-2-6-10-23)29(36-27)32-22-7-3-1-4-8-22/h1-18H,19H2/b27-18+,32-29?. The summed E-state index contributed by atoms with van der Waals surface area (Å²) in [6, 6.07) is 32.2. The van der Waals surface area contributed by atoms with Crippen LogP contribution >= 0.6 is 35.0 Å². The highest BCUT2D eigenvalue weighted by Gasteiger charge is 2.34. The van der Waals surface area contributed by atoms with E-state index in [1.165, 1.54) is 11.8 Å². The number of hydrogen-bond donors (Lipinski definition) is 0. The SMILES string of the molecule is O=C1/C(=C\c2ccc(OCc3ccc(Cl)c(Cl)c3)cc2)SC(=Nc2ccccc2)N1c1ccccc1. The number of amides is 1. The molecule has 4 nitrogen and oxygen atoms in total. The number of para-hydroxylation sites is 2. The molecular weight excluding hydrogens is 511 g/mol. The number of aliphatic imine (C=N–C) groups is 1. The van der Waals surface area contributed by atoms with Crippen LogP contribution in [0, 0.1) is 0 Å². The minimum atomic E-state index is -0.110. The van der Waals surface area contributed by atoms with E-state index >= 15 is 0 Å². The first kappa shape index (κ1) is 24.2. The van der Waals surface area contributed by atoms with E-state index in [1.54, 1.807) is 17.0 Å². The molecule has 1 fully saturated rings. The Labute approximate surface area is 223 Å². The number of carbonyl (C=O) groups excluding carboxylic acids is 1. The second-order valence-electron chi connectivity index (χ2n) is 7.92. The average Bonchev–Trinajstić information content (AvgIpc) is 3.20. The Bertz CT molecular complexity index is 1440. The van der Waals surface area contributed by atoms with Crippen LogP contribution in [-0.2, 0) is 11.4 Å². The fourth-order valence-corrected chi connectivity index (χ4v) is 4.90. The number of nitrogens with zero attached hydrogens (tertiary/aromatic N) is 2. The number of thioether (sulfide) groups is 1. The molecule has 7 heteroatoms. The smallest absolute Gasteiger partial charge is 0.271 e. The van der Waals surface area contributed by atoms with Gasteiger partial charge in [-0.05, 0) is 77.5 Å². The summed E-state index contributed by atoms with van der Waals surface area (Å²) in [5, 5.41) is 1.63. The average molecular weight is 531 g/mol. The molecule has 1 aliphatic heterocycles. The van der Waals surface area contributed by atoms with Crippen LogP contribution < -0.4 is 9.64 Å². The maximum Gasteiger partial charge on any atom is 0.271 e. The van der Waals surface area contributed by atoms with Crippen LogP contribution in [0.25, 0.3) is 6.08 Å². The summed E-state index contributed by atoms with van der Waals surface area (Å²) in [4.78, 5) is 20.4. The van der Waals surface area contributed by atoms with Crippen LogP contribution in [0.1, 0.15) is 11.1 Å². The van der Waals surface area contributed by atoms with Gasteiger partial charge in [-0.15, -0.1) is 0 Å². The van der Waals surface area contributed by atoms with Crippen molar-refractivity contribution in [1.29, 1.82) is 0 Å². The van der Waals surface area contributed by atoms with Crippen LogP contribution in [0.5, 0.6) is 5.75 Å². The lowest BCUT2D eigenvalue weighted by Crippen LogP contribution is -2.28. The molecule has 1 heterocycles. The van der Waals surface area contributed by atoms with Crippen LogP contribution in [0.2, 0.25) is 10.0 Å². The molecule has 0 radical (unpaired) electrons. The number of benzene rings is 4. The summed E-state index contributed by atoms with van der Waals surface area (Å²) in [5.41, 5.74) is 3.38. The number of amidine groups is 1.